The Kier molecular flexibility index (Phi) is 4.36. The highest BCUT2D eigenvalue weighted by Gasteiger charge is 2.32. The first-order valence-electron chi connectivity index (χ1n) is 8.27. The molecule has 1 aromatic carbocycles. The van der Waals surface area contributed by atoms with Crippen molar-refractivity contribution in [2.75, 3.05) is 13.1 Å². The third-order valence-electron chi connectivity index (χ3n) is 4.08. The van der Waals surface area contributed by atoms with Crippen LogP contribution in [0.15, 0.2) is 18.2 Å². The number of likely N-dealkylation sites (tertiary alicyclic amines) is 1. The van der Waals surface area contributed by atoms with E-state index in [9.17, 15) is 9.59 Å². The van der Waals surface area contributed by atoms with Crippen molar-refractivity contribution in [3.05, 3.63) is 23.8 Å². The smallest absolute Gasteiger partial charge is 0.410 e. The molecule has 1 amide bonds. The number of carboxylic acid groups (broad SMARTS) is 1. The summed E-state index contributed by atoms with van der Waals surface area (Å²) >= 11 is 0. The normalized spacial score (nSPS) is 17.9. The Morgan fingerprint density at radius 3 is 2.80 bits per heavy atom. The number of fused-ring (bicyclic) bond motifs is 1. The first-order valence-corrected chi connectivity index (χ1v) is 8.27. The van der Waals surface area contributed by atoms with Crippen LogP contribution in [0.2, 0.25) is 0 Å². The second kappa shape index (κ2) is 6.34. The molecule has 0 saturated carbocycles. The molecule has 1 aliphatic rings. The molecule has 8 nitrogen and oxygen atoms in total. The molecule has 2 aromatic rings. The fourth-order valence-electron chi connectivity index (χ4n) is 3.06. The number of para-hydroxylation sites is 1. The topological polar surface area (TPSA) is 97.5 Å². The molecule has 1 atom stereocenters. The number of rotatable bonds is 3. The summed E-state index contributed by atoms with van der Waals surface area (Å²) in [6, 6.07) is 5.32. The number of hydrogen-bond donors (Lipinski definition) is 1. The monoisotopic (exact) mass is 346 g/mol. The number of carbonyl (C=O) groups is 2. The van der Waals surface area contributed by atoms with Crippen LogP contribution in [0.4, 0.5) is 4.79 Å². The maximum Gasteiger partial charge on any atom is 0.410 e. The molecule has 2 heterocycles. The first-order chi connectivity index (χ1) is 11.7. The van der Waals surface area contributed by atoms with E-state index in [2.05, 4.69) is 10.3 Å². The summed E-state index contributed by atoms with van der Waals surface area (Å²) in [5.74, 6) is -0.901. The van der Waals surface area contributed by atoms with Gasteiger partial charge in [0, 0.05) is 13.1 Å². The van der Waals surface area contributed by atoms with E-state index in [0.29, 0.717) is 24.2 Å². The van der Waals surface area contributed by atoms with Crippen molar-refractivity contribution in [2.45, 2.75) is 45.3 Å². The number of hydrogen-bond acceptors (Lipinski definition) is 5. The van der Waals surface area contributed by atoms with Gasteiger partial charge in [-0.3, -0.25) is 4.79 Å². The molecule has 1 aromatic heterocycles. The van der Waals surface area contributed by atoms with Crippen molar-refractivity contribution in [1.29, 1.82) is 0 Å². The van der Waals surface area contributed by atoms with Crippen molar-refractivity contribution in [3.8, 4) is 0 Å². The lowest BCUT2D eigenvalue weighted by atomic mass is 10.1. The summed E-state index contributed by atoms with van der Waals surface area (Å²) in [7, 11) is 0. The van der Waals surface area contributed by atoms with Gasteiger partial charge in [0.15, 0.2) is 0 Å². The van der Waals surface area contributed by atoms with Crippen LogP contribution >= 0.6 is 0 Å². The van der Waals surface area contributed by atoms with Crippen LogP contribution in [-0.4, -0.2) is 55.8 Å². The first kappa shape index (κ1) is 17.2. The van der Waals surface area contributed by atoms with E-state index >= 15 is 0 Å². The number of carbonyl (C=O) groups excluding carboxylic acids is 1. The van der Waals surface area contributed by atoms with Gasteiger partial charge in [0.1, 0.15) is 11.1 Å². The maximum atomic E-state index is 12.2. The summed E-state index contributed by atoms with van der Waals surface area (Å²) < 4.78 is 7.16. The Morgan fingerprint density at radius 1 is 1.36 bits per heavy atom. The molecule has 25 heavy (non-hydrogen) atoms. The molecule has 1 aliphatic heterocycles. The van der Waals surface area contributed by atoms with Crippen molar-refractivity contribution in [1.82, 2.24) is 19.9 Å². The molecule has 0 bridgehead atoms. The van der Waals surface area contributed by atoms with Gasteiger partial charge < -0.3 is 14.7 Å². The van der Waals surface area contributed by atoms with E-state index < -0.39 is 11.6 Å². The number of amides is 1. The lowest BCUT2D eigenvalue weighted by Crippen LogP contribution is -2.35. The van der Waals surface area contributed by atoms with Crippen LogP contribution in [-0.2, 0) is 16.0 Å². The standard InChI is InChI=1S/C17H22N4O4/c1-17(2,3)25-16(24)20-8-7-12(10-20)21-15-11(9-14(22)23)5-4-6-13(15)18-19-21/h4-6,12H,7-10H2,1-3H3,(H,22,23). The third-order valence-corrected chi connectivity index (χ3v) is 4.08. The molecule has 134 valence electrons. The molecule has 0 spiro atoms. The van der Waals surface area contributed by atoms with Crippen LogP contribution in [0, 0.1) is 0 Å². The maximum absolute atomic E-state index is 12.2. The van der Waals surface area contributed by atoms with Gasteiger partial charge in [-0.15, -0.1) is 5.10 Å². The number of nitrogens with zero attached hydrogens (tertiary/aromatic N) is 4. The highest BCUT2D eigenvalue weighted by Crippen LogP contribution is 2.27. The van der Waals surface area contributed by atoms with E-state index in [-0.39, 0.29) is 18.6 Å². The molecule has 1 N–H and O–H groups in total. The molecule has 1 saturated heterocycles. The molecular weight excluding hydrogens is 324 g/mol. The second-order valence-electron chi connectivity index (χ2n) is 7.26. The van der Waals surface area contributed by atoms with Crippen LogP contribution < -0.4 is 0 Å². The minimum atomic E-state index is -0.901. The van der Waals surface area contributed by atoms with Crippen molar-refractivity contribution in [2.24, 2.45) is 0 Å². The van der Waals surface area contributed by atoms with Crippen LogP contribution in [0.3, 0.4) is 0 Å². The van der Waals surface area contributed by atoms with Gasteiger partial charge in [0.25, 0.3) is 0 Å². The van der Waals surface area contributed by atoms with Gasteiger partial charge >= 0.3 is 12.1 Å². The van der Waals surface area contributed by atoms with Gasteiger partial charge in [-0.05, 0) is 38.8 Å². The Bertz CT molecular complexity index is 809. The van der Waals surface area contributed by atoms with Gasteiger partial charge in [-0.25, -0.2) is 9.48 Å². The number of benzene rings is 1. The van der Waals surface area contributed by atoms with Crippen molar-refractivity contribution >= 4 is 23.1 Å². The highest BCUT2D eigenvalue weighted by molar-refractivity contribution is 5.83. The largest absolute Gasteiger partial charge is 0.481 e. The Morgan fingerprint density at radius 2 is 2.12 bits per heavy atom. The van der Waals surface area contributed by atoms with Gasteiger partial charge in [-0.1, -0.05) is 17.3 Å². The number of aromatic nitrogens is 3. The average Bonchev–Trinajstić information content (AvgIpc) is 3.11. The fourth-order valence-corrected chi connectivity index (χ4v) is 3.06. The predicted octanol–water partition coefficient (Wildman–Crippen LogP) is 2.24. The molecule has 1 unspecified atom stereocenters. The SMILES string of the molecule is CC(C)(C)OC(=O)N1CCC(n2nnc3cccc(CC(=O)O)c32)C1. The van der Waals surface area contributed by atoms with Crippen LogP contribution in [0.5, 0.6) is 0 Å². The van der Waals surface area contributed by atoms with E-state index in [1.54, 1.807) is 21.7 Å². The zero-order valence-corrected chi connectivity index (χ0v) is 14.6. The third kappa shape index (κ3) is 3.72. The Hall–Kier alpha value is -2.64. The zero-order chi connectivity index (χ0) is 18.2. The molecule has 1 fully saturated rings. The highest BCUT2D eigenvalue weighted by atomic mass is 16.6. The van der Waals surface area contributed by atoms with Gasteiger partial charge in [0.05, 0.1) is 18.0 Å². The summed E-state index contributed by atoms with van der Waals surface area (Å²) in [5, 5.41) is 17.5. The minimum absolute atomic E-state index is 0.0486. The van der Waals surface area contributed by atoms with E-state index in [1.807, 2.05) is 26.8 Å². The summed E-state index contributed by atoms with van der Waals surface area (Å²) in [5.41, 5.74) is 1.52. The molecule has 0 aliphatic carbocycles. The molecule has 3 rings (SSSR count). The Balaban J connectivity index is 1.84. The van der Waals surface area contributed by atoms with E-state index in [4.69, 9.17) is 9.84 Å². The molecule has 0 radical (unpaired) electrons. The quantitative estimate of drug-likeness (QED) is 0.915. The molecule has 8 heteroatoms. The van der Waals surface area contributed by atoms with Gasteiger partial charge in [0.2, 0.25) is 0 Å². The van der Waals surface area contributed by atoms with Gasteiger partial charge in [-0.2, -0.15) is 0 Å². The number of ether oxygens (including phenoxy) is 1. The fraction of sp³-hybridized carbons (Fsp3) is 0.529. The predicted molar refractivity (Wildman–Crippen MR) is 90.3 cm³/mol. The summed E-state index contributed by atoms with van der Waals surface area (Å²) in [6.07, 6.45) is 0.289. The number of carboxylic acids is 1. The summed E-state index contributed by atoms with van der Waals surface area (Å²) in [4.78, 5) is 25.0. The average molecular weight is 346 g/mol. The van der Waals surface area contributed by atoms with Crippen LogP contribution in [0.1, 0.15) is 38.8 Å². The zero-order valence-electron chi connectivity index (χ0n) is 14.6. The van der Waals surface area contributed by atoms with Crippen LogP contribution in [0.25, 0.3) is 11.0 Å². The van der Waals surface area contributed by atoms with Crippen molar-refractivity contribution < 1.29 is 19.4 Å². The minimum Gasteiger partial charge on any atom is -0.481 e. The van der Waals surface area contributed by atoms with Crippen molar-refractivity contribution in [3.63, 3.8) is 0 Å². The lowest BCUT2D eigenvalue weighted by molar-refractivity contribution is -0.136. The molecular formula is C17H22N4O4. The van der Waals surface area contributed by atoms with E-state index in [0.717, 1.165) is 11.9 Å². The Labute approximate surface area is 145 Å². The summed E-state index contributed by atoms with van der Waals surface area (Å²) in [6.45, 7) is 6.54. The lowest BCUT2D eigenvalue weighted by Gasteiger charge is -2.24. The van der Waals surface area contributed by atoms with E-state index in [1.165, 1.54) is 0 Å². The number of aliphatic carboxylic acids is 1. The second-order valence-corrected chi connectivity index (χ2v) is 7.26.